The maximum Gasteiger partial charge on any atom is 0.265 e. The molecule has 0 fully saturated rings. The predicted octanol–water partition coefficient (Wildman–Crippen LogP) is 5.12. The first-order valence-corrected chi connectivity index (χ1v) is 9.29. The first kappa shape index (κ1) is 18.2. The molecule has 0 atom stereocenters. The Morgan fingerprint density at radius 1 is 1.27 bits per heavy atom. The van der Waals surface area contributed by atoms with Gasteiger partial charge in [0.15, 0.2) is 0 Å². The molecule has 2 aromatic carbocycles. The number of halogens is 1. The topological polar surface area (TPSA) is 53.3 Å². The molecular formula is C20H17ClN2O2S. The predicted molar refractivity (Wildman–Crippen MR) is 105 cm³/mol. The Morgan fingerprint density at radius 2 is 2.04 bits per heavy atom. The number of methoxy groups -OCH3 is 1. The third kappa shape index (κ3) is 3.82. The summed E-state index contributed by atoms with van der Waals surface area (Å²) in [7, 11) is 1.60. The van der Waals surface area contributed by atoms with Gasteiger partial charge in [-0.2, -0.15) is 5.26 Å². The number of carbonyl (C=O) groups excluding carboxylic acids is 1. The van der Waals surface area contributed by atoms with Gasteiger partial charge in [-0.25, -0.2) is 0 Å². The van der Waals surface area contributed by atoms with Gasteiger partial charge in [0.2, 0.25) is 0 Å². The summed E-state index contributed by atoms with van der Waals surface area (Å²) in [4.78, 5) is 15.3. The SMILES string of the molecule is COc1ccc2c(Cl)c(C(=O)N(CCC#N)Cc3ccccc3)sc2c1. The van der Waals surface area contributed by atoms with Gasteiger partial charge in [-0.1, -0.05) is 41.9 Å². The lowest BCUT2D eigenvalue weighted by molar-refractivity contribution is 0.0752. The quantitative estimate of drug-likeness (QED) is 0.592. The van der Waals surface area contributed by atoms with Gasteiger partial charge < -0.3 is 9.64 Å². The van der Waals surface area contributed by atoms with Crippen LogP contribution < -0.4 is 4.74 Å². The van der Waals surface area contributed by atoms with Crippen molar-refractivity contribution in [3.63, 3.8) is 0 Å². The Morgan fingerprint density at radius 3 is 2.73 bits per heavy atom. The molecule has 132 valence electrons. The molecule has 1 amide bonds. The van der Waals surface area contributed by atoms with Gasteiger partial charge in [-0.05, 0) is 23.8 Å². The van der Waals surface area contributed by atoms with Crippen molar-refractivity contribution in [1.82, 2.24) is 4.90 Å². The number of nitrogens with zero attached hydrogens (tertiary/aromatic N) is 2. The first-order chi connectivity index (χ1) is 12.6. The van der Waals surface area contributed by atoms with Crippen molar-refractivity contribution in [1.29, 1.82) is 5.26 Å². The molecule has 0 aliphatic carbocycles. The van der Waals surface area contributed by atoms with Crippen LogP contribution in [-0.2, 0) is 6.54 Å². The van der Waals surface area contributed by atoms with E-state index in [1.807, 2.05) is 48.5 Å². The van der Waals surface area contributed by atoms with E-state index in [2.05, 4.69) is 6.07 Å². The molecule has 0 aliphatic heterocycles. The van der Waals surface area contributed by atoms with Crippen molar-refractivity contribution in [2.24, 2.45) is 0 Å². The Bertz CT molecular complexity index is 963. The number of amides is 1. The molecule has 26 heavy (non-hydrogen) atoms. The lowest BCUT2D eigenvalue weighted by Gasteiger charge is -2.21. The highest BCUT2D eigenvalue weighted by atomic mass is 35.5. The van der Waals surface area contributed by atoms with Crippen molar-refractivity contribution >= 4 is 38.9 Å². The van der Waals surface area contributed by atoms with Crippen LogP contribution in [0, 0.1) is 11.3 Å². The van der Waals surface area contributed by atoms with Crippen molar-refractivity contribution in [3.05, 3.63) is 64.0 Å². The Kier molecular flexibility index (Phi) is 5.77. The van der Waals surface area contributed by atoms with E-state index in [1.54, 1.807) is 12.0 Å². The lowest BCUT2D eigenvalue weighted by Crippen LogP contribution is -2.31. The molecule has 1 heterocycles. The minimum Gasteiger partial charge on any atom is -0.497 e. The number of ether oxygens (including phenoxy) is 1. The number of hydrogen-bond acceptors (Lipinski definition) is 4. The van der Waals surface area contributed by atoms with E-state index < -0.39 is 0 Å². The van der Waals surface area contributed by atoms with Crippen LogP contribution in [0.2, 0.25) is 5.02 Å². The molecule has 4 nitrogen and oxygen atoms in total. The highest BCUT2D eigenvalue weighted by Gasteiger charge is 2.23. The molecule has 0 aliphatic rings. The zero-order valence-corrected chi connectivity index (χ0v) is 15.8. The van der Waals surface area contributed by atoms with E-state index in [4.69, 9.17) is 21.6 Å². The average Bonchev–Trinajstić information content (AvgIpc) is 3.01. The van der Waals surface area contributed by atoms with Crippen molar-refractivity contribution in [2.75, 3.05) is 13.7 Å². The summed E-state index contributed by atoms with van der Waals surface area (Å²) in [6, 6.07) is 17.4. The molecule has 0 saturated heterocycles. The molecule has 0 bridgehead atoms. The fourth-order valence-corrected chi connectivity index (χ4v) is 4.20. The van der Waals surface area contributed by atoms with Crippen molar-refractivity contribution in [3.8, 4) is 11.8 Å². The van der Waals surface area contributed by atoms with Crippen LogP contribution in [0.5, 0.6) is 5.75 Å². The molecule has 0 saturated carbocycles. The summed E-state index contributed by atoms with van der Waals surface area (Å²) < 4.78 is 6.14. The van der Waals surface area contributed by atoms with Crippen LogP contribution in [0.3, 0.4) is 0 Å². The molecule has 0 spiro atoms. The lowest BCUT2D eigenvalue weighted by atomic mass is 10.2. The molecule has 6 heteroatoms. The van der Waals surface area contributed by atoms with Crippen molar-refractivity contribution in [2.45, 2.75) is 13.0 Å². The van der Waals surface area contributed by atoms with E-state index in [1.165, 1.54) is 11.3 Å². The van der Waals surface area contributed by atoms with Crippen LogP contribution in [-0.4, -0.2) is 24.5 Å². The largest absolute Gasteiger partial charge is 0.497 e. The second-order valence-electron chi connectivity index (χ2n) is 5.73. The van der Waals surface area contributed by atoms with E-state index >= 15 is 0 Å². The van der Waals surface area contributed by atoms with Crippen LogP contribution >= 0.6 is 22.9 Å². The summed E-state index contributed by atoms with van der Waals surface area (Å²) >= 11 is 7.83. The van der Waals surface area contributed by atoms with Gasteiger partial charge in [0.05, 0.1) is 24.6 Å². The minimum atomic E-state index is -0.158. The van der Waals surface area contributed by atoms with Crippen LogP contribution in [0.4, 0.5) is 0 Å². The monoisotopic (exact) mass is 384 g/mol. The number of rotatable bonds is 6. The molecule has 3 rings (SSSR count). The molecule has 0 radical (unpaired) electrons. The maximum atomic E-state index is 13.1. The molecule has 0 unspecified atom stereocenters. The zero-order chi connectivity index (χ0) is 18.5. The zero-order valence-electron chi connectivity index (χ0n) is 14.2. The van der Waals surface area contributed by atoms with Gasteiger partial charge in [0.25, 0.3) is 5.91 Å². The number of thiophene rings is 1. The summed E-state index contributed by atoms with van der Waals surface area (Å²) in [5.74, 6) is 0.564. The van der Waals surface area contributed by atoms with Crippen molar-refractivity contribution < 1.29 is 9.53 Å². The van der Waals surface area contributed by atoms with Crippen LogP contribution in [0.25, 0.3) is 10.1 Å². The normalized spacial score (nSPS) is 10.5. The van der Waals surface area contributed by atoms with E-state index in [0.29, 0.717) is 23.0 Å². The number of hydrogen-bond donors (Lipinski definition) is 0. The Balaban J connectivity index is 1.94. The first-order valence-electron chi connectivity index (χ1n) is 8.10. The van der Waals surface area contributed by atoms with Gasteiger partial charge in [-0.15, -0.1) is 11.3 Å². The summed E-state index contributed by atoms with van der Waals surface area (Å²) in [5, 5.41) is 10.2. The number of fused-ring (bicyclic) bond motifs is 1. The fourth-order valence-electron chi connectivity index (χ4n) is 2.69. The number of benzene rings is 2. The Labute approximate surface area is 161 Å². The second-order valence-corrected chi connectivity index (χ2v) is 7.16. The van der Waals surface area contributed by atoms with Gasteiger partial charge >= 0.3 is 0 Å². The summed E-state index contributed by atoms with van der Waals surface area (Å²) in [6.45, 7) is 0.799. The van der Waals surface area contributed by atoms with Crippen LogP contribution in [0.1, 0.15) is 21.7 Å². The van der Waals surface area contributed by atoms with E-state index in [0.717, 1.165) is 21.4 Å². The smallest absolute Gasteiger partial charge is 0.265 e. The second kappa shape index (κ2) is 8.22. The highest BCUT2D eigenvalue weighted by molar-refractivity contribution is 7.21. The minimum absolute atomic E-state index is 0.158. The Hall–Kier alpha value is -2.55. The average molecular weight is 385 g/mol. The molecular weight excluding hydrogens is 368 g/mol. The molecule has 1 aromatic heterocycles. The molecule has 0 N–H and O–H groups in total. The third-order valence-corrected chi connectivity index (χ3v) is 5.67. The summed E-state index contributed by atoms with van der Waals surface area (Å²) in [5.41, 5.74) is 1.01. The highest BCUT2D eigenvalue weighted by Crippen LogP contribution is 2.38. The standard InChI is InChI=1S/C20H17ClN2O2S/c1-25-15-8-9-16-17(12-15)26-19(18(16)21)20(24)23(11-5-10-22)13-14-6-3-2-4-7-14/h2-4,6-9,12H,5,11,13H2,1H3. The van der Waals surface area contributed by atoms with Crippen LogP contribution in [0.15, 0.2) is 48.5 Å². The van der Waals surface area contributed by atoms with E-state index in [9.17, 15) is 4.79 Å². The number of nitriles is 1. The maximum absolute atomic E-state index is 13.1. The van der Waals surface area contributed by atoms with Gasteiger partial charge in [0.1, 0.15) is 10.6 Å². The third-order valence-electron chi connectivity index (χ3n) is 4.03. The van der Waals surface area contributed by atoms with Gasteiger partial charge in [-0.3, -0.25) is 4.79 Å². The molecule has 3 aromatic rings. The van der Waals surface area contributed by atoms with Gasteiger partial charge in [0, 0.05) is 23.2 Å². The van der Waals surface area contributed by atoms with E-state index in [-0.39, 0.29) is 12.3 Å². The fraction of sp³-hybridized carbons (Fsp3) is 0.200. The summed E-state index contributed by atoms with van der Waals surface area (Å²) in [6.07, 6.45) is 0.273. The number of carbonyl (C=O) groups is 1.